The molecule has 0 aliphatic carbocycles. The molecule has 2 aromatic rings. The maximum atomic E-state index is 5.74. The zero-order valence-electron chi connectivity index (χ0n) is 17.3. The first-order valence-electron chi connectivity index (χ1n) is 10.4. The number of furan rings is 1. The molecule has 7 heteroatoms. The van der Waals surface area contributed by atoms with E-state index in [1.54, 1.807) is 17.6 Å². The molecule has 154 valence electrons. The maximum Gasteiger partial charge on any atom is 0.191 e. The normalized spacial score (nSPS) is 17.1. The second-order valence-corrected chi connectivity index (χ2v) is 8.43. The van der Waals surface area contributed by atoms with Gasteiger partial charge in [0.1, 0.15) is 5.76 Å². The van der Waals surface area contributed by atoms with E-state index in [0.717, 1.165) is 43.6 Å². The largest absolute Gasteiger partial charge is 0.468 e. The van der Waals surface area contributed by atoms with Crippen LogP contribution in [0.1, 0.15) is 68.5 Å². The molecule has 0 spiro atoms. The molecular formula is C21H33N5OS. The van der Waals surface area contributed by atoms with Gasteiger partial charge in [0.2, 0.25) is 0 Å². The molecule has 1 atom stereocenters. The number of aliphatic imine (C=N–C) groups is 1. The van der Waals surface area contributed by atoms with Gasteiger partial charge in [0.25, 0.3) is 0 Å². The van der Waals surface area contributed by atoms with Crippen LogP contribution in [0.5, 0.6) is 0 Å². The fourth-order valence-corrected chi connectivity index (χ4v) is 4.30. The standard InChI is InChI=1S/C21H33N5OS/c1-4-22-21(23-13-17-15-28-20(25-17)16(2)3)24-14-18(19-9-8-12-27-19)26-10-6-5-7-11-26/h8-9,12,15-16,18H,4-7,10-11,13-14H2,1-3H3,(H2,22,23,24). The first-order valence-corrected chi connectivity index (χ1v) is 11.3. The molecule has 1 aliphatic rings. The number of thiazole rings is 1. The lowest BCUT2D eigenvalue weighted by molar-refractivity contribution is 0.146. The third-order valence-corrected chi connectivity index (χ3v) is 6.17. The fraction of sp³-hybridized carbons (Fsp3) is 0.619. The van der Waals surface area contributed by atoms with Crippen molar-refractivity contribution in [1.82, 2.24) is 20.5 Å². The van der Waals surface area contributed by atoms with Crippen molar-refractivity contribution < 1.29 is 4.42 Å². The summed E-state index contributed by atoms with van der Waals surface area (Å²) in [5.41, 5.74) is 1.03. The lowest BCUT2D eigenvalue weighted by Gasteiger charge is -2.33. The molecule has 0 bridgehead atoms. The summed E-state index contributed by atoms with van der Waals surface area (Å²) in [7, 11) is 0. The molecule has 1 saturated heterocycles. The van der Waals surface area contributed by atoms with Gasteiger partial charge in [-0.25, -0.2) is 9.98 Å². The van der Waals surface area contributed by atoms with Crippen LogP contribution in [0.15, 0.2) is 33.2 Å². The molecule has 3 rings (SSSR count). The van der Waals surface area contributed by atoms with Gasteiger partial charge in [-0.05, 0) is 45.0 Å². The number of nitrogens with one attached hydrogen (secondary N) is 2. The summed E-state index contributed by atoms with van der Waals surface area (Å²) in [6, 6.07) is 4.28. The number of nitrogens with zero attached hydrogens (tertiary/aromatic N) is 3. The first kappa shape index (κ1) is 20.9. The summed E-state index contributed by atoms with van der Waals surface area (Å²) in [6.07, 6.45) is 5.60. The van der Waals surface area contributed by atoms with Crippen molar-refractivity contribution in [3.05, 3.63) is 40.2 Å². The van der Waals surface area contributed by atoms with Gasteiger partial charge < -0.3 is 15.1 Å². The molecule has 0 aromatic carbocycles. The second-order valence-electron chi connectivity index (χ2n) is 7.54. The Labute approximate surface area is 172 Å². The smallest absolute Gasteiger partial charge is 0.191 e. The minimum absolute atomic E-state index is 0.228. The fourth-order valence-electron chi connectivity index (χ4n) is 3.48. The molecule has 2 aromatic heterocycles. The number of hydrogen-bond acceptors (Lipinski definition) is 5. The van der Waals surface area contributed by atoms with Gasteiger partial charge in [-0.15, -0.1) is 11.3 Å². The van der Waals surface area contributed by atoms with Gasteiger partial charge in [0.15, 0.2) is 5.96 Å². The molecule has 1 fully saturated rings. The van der Waals surface area contributed by atoms with E-state index in [-0.39, 0.29) is 6.04 Å². The van der Waals surface area contributed by atoms with E-state index in [4.69, 9.17) is 9.41 Å². The summed E-state index contributed by atoms with van der Waals surface area (Å²) in [6.45, 7) is 10.9. The van der Waals surface area contributed by atoms with E-state index in [1.165, 1.54) is 24.3 Å². The van der Waals surface area contributed by atoms with Gasteiger partial charge in [-0.2, -0.15) is 0 Å². The van der Waals surface area contributed by atoms with Crippen LogP contribution in [0.25, 0.3) is 0 Å². The Bertz CT molecular complexity index is 719. The Morgan fingerprint density at radius 3 is 2.75 bits per heavy atom. The summed E-state index contributed by atoms with van der Waals surface area (Å²) >= 11 is 1.72. The van der Waals surface area contributed by atoms with Crippen LogP contribution in [0.3, 0.4) is 0 Å². The number of rotatable bonds is 8. The van der Waals surface area contributed by atoms with Gasteiger partial charge >= 0.3 is 0 Å². The Kier molecular flexibility index (Phi) is 7.91. The van der Waals surface area contributed by atoms with Crippen molar-refractivity contribution in [2.24, 2.45) is 4.99 Å². The minimum Gasteiger partial charge on any atom is -0.468 e. The maximum absolute atomic E-state index is 5.74. The van der Waals surface area contributed by atoms with Crippen molar-refractivity contribution in [2.75, 3.05) is 26.2 Å². The van der Waals surface area contributed by atoms with Crippen molar-refractivity contribution in [3.63, 3.8) is 0 Å². The Balaban J connectivity index is 1.64. The molecule has 0 saturated carbocycles. The van der Waals surface area contributed by atoms with Crippen molar-refractivity contribution in [2.45, 2.75) is 58.5 Å². The number of likely N-dealkylation sites (tertiary alicyclic amines) is 1. The van der Waals surface area contributed by atoms with Crippen LogP contribution in [0.4, 0.5) is 0 Å². The SMILES string of the molecule is CCNC(=NCc1csc(C(C)C)n1)NCC(c1ccco1)N1CCCCC1. The Morgan fingerprint density at radius 2 is 2.11 bits per heavy atom. The van der Waals surface area contributed by atoms with E-state index in [1.807, 2.05) is 6.07 Å². The van der Waals surface area contributed by atoms with Crippen LogP contribution in [-0.2, 0) is 6.54 Å². The lowest BCUT2D eigenvalue weighted by atomic mass is 10.1. The molecule has 0 radical (unpaired) electrons. The third kappa shape index (κ3) is 5.82. The summed E-state index contributed by atoms with van der Waals surface area (Å²) < 4.78 is 5.74. The topological polar surface area (TPSA) is 65.7 Å². The first-order chi connectivity index (χ1) is 13.7. The molecule has 3 heterocycles. The predicted molar refractivity (Wildman–Crippen MR) is 116 cm³/mol. The number of hydrogen-bond donors (Lipinski definition) is 2. The Hall–Kier alpha value is -1.86. The zero-order valence-corrected chi connectivity index (χ0v) is 18.1. The molecule has 1 unspecified atom stereocenters. The van der Waals surface area contributed by atoms with Crippen LogP contribution in [0, 0.1) is 0 Å². The number of piperidine rings is 1. The lowest BCUT2D eigenvalue weighted by Crippen LogP contribution is -2.44. The van der Waals surface area contributed by atoms with E-state index in [9.17, 15) is 0 Å². The van der Waals surface area contributed by atoms with Gasteiger partial charge in [0, 0.05) is 24.4 Å². The average Bonchev–Trinajstić information content (AvgIpc) is 3.39. The van der Waals surface area contributed by atoms with E-state index < -0.39 is 0 Å². The van der Waals surface area contributed by atoms with Gasteiger partial charge in [-0.1, -0.05) is 20.3 Å². The predicted octanol–water partition coefficient (Wildman–Crippen LogP) is 4.14. The van der Waals surface area contributed by atoms with Crippen molar-refractivity contribution in [3.8, 4) is 0 Å². The molecule has 6 nitrogen and oxygen atoms in total. The minimum atomic E-state index is 0.228. The van der Waals surface area contributed by atoms with Gasteiger partial charge in [0.05, 0.1) is 29.6 Å². The van der Waals surface area contributed by atoms with Crippen LogP contribution in [0.2, 0.25) is 0 Å². The molecule has 2 N–H and O–H groups in total. The highest BCUT2D eigenvalue weighted by molar-refractivity contribution is 7.09. The Morgan fingerprint density at radius 1 is 1.29 bits per heavy atom. The molecule has 1 aliphatic heterocycles. The summed E-state index contributed by atoms with van der Waals surface area (Å²) in [5.74, 6) is 2.31. The van der Waals surface area contributed by atoms with Gasteiger partial charge in [-0.3, -0.25) is 4.90 Å². The zero-order chi connectivity index (χ0) is 19.8. The highest BCUT2D eigenvalue weighted by Crippen LogP contribution is 2.24. The van der Waals surface area contributed by atoms with E-state index in [2.05, 4.69) is 52.7 Å². The molecular weight excluding hydrogens is 370 g/mol. The summed E-state index contributed by atoms with van der Waals surface area (Å²) in [5, 5.41) is 10.2. The number of guanidine groups is 1. The van der Waals surface area contributed by atoms with E-state index in [0.29, 0.717) is 12.5 Å². The second kappa shape index (κ2) is 10.6. The van der Waals surface area contributed by atoms with Crippen LogP contribution >= 0.6 is 11.3 Å². The molecule has 28 heavy (non-hydrogen) atoms. The average molecular weight is 404 g/mol. The highest BCUT2D eigenvalue weighted by atomic mass is 32.1. The number of aromatic nitrogens is 1. The van der Waals surface area contributed by atoms with Crippen LogP contribution in [-0.4, -0.2) is 42.0 Å². The summed E-state index contributed by atoms with van der Waals surface area (Å²) in [4.78, 5) is 12.0. The van der Waals surface area contributed by atoms with E-state index >= 15 is 0 Å². The third-order valence-electron chi connectivity index (χ3n) is 4.97. The quantitative estimate of drug-likeness (QED) is 0.512. The van der Waals surface area contributed by atoms with Crippen LogP contribution < -0.4 is 10.6 Å². The van der Waals surface area contributed by atoms with Crippen molar-refractivity contribution >= 4 is 17.3 Å². The van der Waals surface area contributed by atoms with Crippen molar-refractivity contribution in [1.29, 1.82) is 0 Å². The monoisotopic (exact) mass is 403 g/mol. The highest BCUT2D eigenvalue weighted by Gasteiger charge is 2.24. The molecule has 0 amide bonds.